The number of amides is 1. The number of benzene rings is 3. The molecule has 0 unspecified atom stereocenters. The van der Waals surface area contributed by atoms with E-state index in [4.69, 9.17) is 0 Å². The van der Waals surface area contributed by atoms with E-state index >= 15 is 0 Å². The number of hydrogen-bond acceptors (Lipinski definition) is 3. The first-order chi connectivity index (χ1) is 15.3. The van der Waals surface area contributed by atoms with Crippen LogP contribution in [0.2, 0.25) is 0 Å². The van der Waals surface area contributed by atoms with Crippen LogP contribution in [-0.2, 0) is 27.8 Å². The van der Waals surface area contributed by atoms with Crippen LogP contribution in [0.3, 0.4) is 0 Å². The van der Waals surface area contributed by atoms with Gasteiger partial charge in [-0.25, -0.2) is 8.42 Å². The third-order valence-corrected chi connectivity index (χ3v) is 8.05. The molecule has 0 saturated heterocycles. The molecule has 0 aromatic heterocycles. The lowest BCUT2D eigenvalue weighted by Gasteiger charge is -2.27. The molecule has 0 fully saturated rings. The molecule has 1 heterocycles. The van der Waals surface area contributed by atoms with E-state index in [0.29, 0.717) is 0 Å². The Kier molecular flexibility index (Phi) is 6.51. The second kappa shape index (κ2) is 9.17. The molecule has 0 bridgehead atoms. The van der Waals surface area contributed by atoms with Crippen molar-refractivity contribution in [1.29, 1.82) is 0 Å². The summed E-state index contributed by atoms with van der Waals surface area (Å²) >= 11 is 3.35. The number of sulfonamides is 1. The molecule has 5 nitrogen and oxygen atoms in total. The van der Waals surface area contributed by atoms with Crippen molar-refractivity contribution in [2.24, 2.45) is 0 Å². The Bertz CT molecular complexity index is 1220. The van der Waals surface area contributed by atoms with E-state index in [1.165, 1.54) is 4.31 Å². The minimum atomic E-state index is -3.88. The molecular formula is C25H25BrN2O3S. The van der Waals surface area contributed by atoms with Crippen LogP contribution in [0, 0.1) is 6.92 Å². The van der Waals surface area contributed by atoms with Gasteiger partial charge in [-0.3, -0.25) is 4.79 Å². The first-order valence-corrected chi connectivity index (χ1v) is 12.7. The number of carbonyl (C=O) groups excluding carboxylic acids is 1. The van der Waals surface area contributed by atoms with Crippen molar-refractivity contribution in [1.82, 2.24) is 4.31 Å². The van der Waals surface area contributed by atoms with E-state index in [0.717, 1.165) is 33.3 Å². The quantitative estimate of drug-likeness (QED) is 0.470. The number of fused-ring (bicyclic) bond motifs is 1. The fourth-order valence-electron chi connectivity index (χ4n) is 4.05. The van der Waals surface area contributed by atoms with E-state index in [9.17, 15) is 13.2 Å². The van der Waals surface area contributed by atoms with E-state index in [1.54, 1.807) is 29.2 Å². The number of carbonyl (C=O) groups is 1. The summed E-state index contributed by atoms with van der Waals surface area (Å²) in [6.07, 6.45) is 0.763. The maximum absolute atomic E-state index is 13.5. The van der Waals surface area contributed by atoms with Crippen LogP contribution in [0.1, 0.15) is 23.6 Å². The molecule has 3 aromatic rings. The van der Waals surface area contributed by atoms with Gasteiger partial charge in [0.1, 0.15) is 0 Å². The standard InChI is InChI=1S/C25H25BrN2O3S/c1-18-7-9-20(10-8-18)16-27(32(30,31)23-13-11-22(26)12-14-23)17-25(29)28-19(2)15-21-5-3-4-6-24(21)28/h3-14,19H,15-17H2,1-2H3/t19-/m1/s1. The SMILES string of the molecule is Cc1ccc(CN(CC(=O)N2c3ccccc3C[C@H]2C)S(=O)(=O)c2ccc(Br)cc2)cc1. The molecule has 1 atom stereocenters. The van der Waals surface area contributed by atoms with Gasteiger partial charge in [0.05, 0.1) is 11.4 Å². The van der Waals surface area contributed by atoms with E-state index in [-0.39, 0.29) is 29.9 Å². The van der Waals surface area contributed by atoms with Gasteiger partial charge in [0.15, 0.2) is 0 Å². The van der Waals surface area contributed by atoms with Gasteiger partial charge in [-0.1, -0.05) is 64.0 Å². The molecule has 7 heteroatoms. The van der Waals surface area contributed by atoms with Gasteiger partial charge in [-0.05, 0) is 61.7 Å². The molecule has 1 aliphatic rings. The van der Waals surface area contributed by atoms with E-state index < -0.39 is 10.0 Å². The highest BCUT2D eigenvalue weighted by Crippen LogP contribution is 2.32. The van der Waals surface area contributed by atoms with Crippen LogP contribution in [0.5, 0.6) is 0 Å². The fourth-order valence-corrected chi connectivity index (χ4v) is 5.69. The number of hydrogen-bond donors (Lipinski definition) is 0. The molecule has 0 saturated carbocycles. The highest BCUT2D eigenvalue weighted by Gasteiger charge is 2.34. The Morgan fingerprint density at radius 2 is 1.69 bits per heavy atom. The summed E-state index contributed by atoms with van der Waals surface area (Å²) in [5.74, 6) is -0.227. The second-order valence-electron chi connectivity index (χ2n) is 8.16. The van der Waals surface area contributed by atoms with Gasteiger partial charge < -0.3 is 4.90 Å². The van der Waals surface area contributed by atoms with Gasteiger partial charge in [0.25, 0.3) is 0 Å². The van der Waals surface area contributed by atoms with Crippen molar-refractivity contribution in [3.8, 4) is 0 Å². The van der Waals surface area contributed by atoms with E-state index in [1.807, 2.05) is 62.4 Å². The smallest absolute Gasteiger partial charge is 0.243 e. The summed E-state index contributed by atoms with van der Waals surface area (Å²) in [7, 11) is -3.88. The molecule has 0 aliphatic carbocycles. The van der Waals surface area contributed by atoms with Gasteiger partial charge in [0.2, 0.25) is 15.9 Å². The average Bonchev–Trinajstić information content (AvgIpc) is 3.10. The molecule has 1 amide bonds. The Labute approximate surface area is 197 Å². The lowest BCUT2D eigenvalue weighted by atomic mass is 10.1. The monoisotopic (exact) mass is 512 g/mol. The Hall–Kier alpha value is -2.48. The molecular weight excluding hydrogens is 488 g/mol. The predicted octanol–water partition coefficient (Wildman–Crippen LogP) is 4.93. The Balaban J connectivity index is 1.67. The highest BCUT2D eigenvalue weighted by atomic mass is 79.9. The minimum Gasteiger partial charge on any atom is -0.308 e. The van der Waals surface area contributed by atoms with Crippen molar-refractivity contribution in [2.75, 3.05) is 11.4 Å². The average molecular weight is 513 g/mol. The molecule has 32 heavy (non-hydrogen) atoms. The van der Waals surface area contributed by atoms with E-state index in [2.05, 4.69) is 15.9 Å². The van der Waals surface area contributed by atoms with Gasteiger partial charge in [-0.15, -0.1) is 0 Å². The van der Waals surface area contributed by atoms with Crippen molar-refractivity contribution in [2.45, 2.75) is 37.8 Å². The lowest BCUT2D eigenvalue weighted by Crippen LogP contribution is -2.44. The minimum absolute atomic E-state index is 0.0171. The summed E-state index contributed by atoms with van der Waals surface area (Å²) in [5, 5.41) is 0. The zero-order valence-corrected chi connectivity index (χ0v) is 20.4. The summed E-state index contributed by atoms with van der Waals surface area (Å²) in [6, 6.07) is 22.0. The fraction of sp³-hybridized carbons (Fsp3) is 0.240. The number of nitrogens with zero attached hydrogens (tertiary/aromatic N) is 2. The largest absolute Gasteiger partial charge is 0.308 e. The van der Waals surface area contributed by atoms with Crippen molar-refractivity contribution in [3.63, 3.8) is 0 Å². The summed E-state index contributed by atoms with van der Waals surface area (Å²) in [6.45, 7) is 3.86. The van der Waals surface area contributed by atoms with Gasteiger partial charge in [0, 0.05) is 22.7 Å². The molecule has 0 spiro atoms. The van der Waals surface area contributed by atoms with Crippen LogP contribution in [-0.4, -0.2) is 31.2 Å². The zero-order chi connectivity index (χ0) is 22.9. The zero-order valence-electron chi connectivity index (χ0n) is 18.0. The summed E-state index contributed by atoms with van der Waals surface area (Å²) in [5.41, 5.74) is 3.89. The maximum atomic E-state index is 13.5. The summed E-state index contributed by atoms with van der Waals surface area (Å²) < 4.78 is 29.1. The first kappa shape index (κ1) is 22.7. The number of halogens is 1. The normalized spacial score (nSPS) is 15.8. The van der Waals surface area contributed by atoms with Crippen molar-refractivity contribution < 1.29 is 13.2 Å². The van der Waals surface area contributed by atoms with Crippen LogP contribution in [0.4, 0.5) is 5.69 Å². The van der Waals surface area contributed by atoms with Gasteiger partial charge in [-0.2, -0.15) is 4.31 Å². The first-order valence-electron chi connectivity index (χ1n) is 10.5. The van der Waals surface area contributed by atoms with Crippen LogP contribution in [0.25, 0.3) is 0 Å². The molecule has 1 aliphatic heterocycles. The van der Waals surface area contributed by atoms with Crippen LogP contribution < -0.4 is 4.90 Å². The number of aryl methyl sites for hydroxylation is 1. The Morgan fingerprint density at radius 3 is 2.38 bits per heavy atom. The highest BCUT2D eigenvalue weighted by molar-refractivity contribution is 9.10. The molecule has 166 valence electrons. The molecule has 0 radical (unpaired) electrons. The molecule has 3 aromatic carbocycles. The molecule has 0 N–H and O–H groups in total. The van der Waals surface area contributed by atoms with Crippen LogP contribution >= 0.6 is 15.9 Å². The third kappa shape index (κ3) is 4.65. The van der Waals surface area contributed by atoms with Crippen molar-refractivity contribution in [3.05, 3.63) is 94.0 Å². The second-order valence-corrected chi connectivity index (χ2v) is 11.0. The van der Waals surface area contributed by atoms with Gasteiger partial charge >= 0.3 is 0 Å². The Morgan fingerprint density at radius 1 is 1.03 bits per heavy atom. The molecule has 4 rings (SSSR count). The lowest BCUT2D eigenvalue weighted by molar-refractivity contribution is -0.119. The number of anilines is 1. The number of rotatable bonds is 6. The maximum Gasteiger partial charge on any atom is 0.243 e. The topological polar surface area (TPSA) is 57.7 Å². The van der Waals surface area contributed by atoms with Crippen molar-refractivity contribution >= 4 is 37.5 Å². The predicted molar refractivity (Wildman–Crippen MR) is 130 cm³/mol. The number of para-hydroxylation sites is 1. The summed E-state index contributed by atoms with van der Waals surface area (Å²) in [4.78, 5) is 15.3. The van der Waals surface area contributed by atoms with Crippen LogP contribution in [0.15, 0.2) is 82.2 Å². The third-order valence-electron chi connectivity index (χ3n) is 5.72.